The van der Waals surface area contributed by atoms with Crippen LogP contribution < -0.4 is 15.4 Å². The minimum Gasteiger partial charge on any atom is -0.495 e. The van der Waals surface area contributed by atoms with Crippen molar-refractivity contribution in [1.29, 1.82) is 0 Å². The average Bonchev–Trinajstić information content (AvgIpc) is 3.21. The molecule has 1 aliphatic carbocycles. The van der Waals surface area contributed by atoms with Crippen molar-refractivity contribution in [2.24, 2.45) is 0 Å². The highest BCUT2D eigenvalue weighted by atomic mass is 35.5. The monoisotopic (exact) mass is 499 g/mol. The molecule has 0 spiro atoms. The second kappa shape index (κ2) is 10.7. The molecule has 2 heterocycles. The molecule has 0 unspecified atom stereocenters. The van der Waals surface area contributed by atoms with E-state index in [0.29, 0.717) is 39.0 Å². The molecule has 0 aliphatic heterocycles. The number of ether oxygens (including phenoxy) is 2. The number of carbonyl (C=O) groups excluding carboxylic acids is 3. The molecule has 3 aromatic rings. The number of rotatable bonds is 7. The molecule has 34 heavy (non-hydrogen) atoms. The Bertz CT molecular complexity index is 1230. The van der Waals surface area contributed by atoms with Crippen LogP contribution in [0.5, 0.6) is 5.75 Å². The number of thiophene rings is 1. The molecule has 0 radical (unpaired) electrons. The summed E-state index contributed by atoms with van der Waals surface area (Å²) in [4.78, 5) is 43.2. The summed E-state index contributed by atoms with van der Waals surface area (Å²) in [5, 5.41) is 6.30. The van der Waals surface area contributed by atoms with Crippen molar-refractivity contribution in [1.82, 2.24) is 4.98 Å². The zero-order chi connectivity index (χ0) is 24.1. The van der Waals surface area contributed by atoms with E-state index in [1.54, 1.807) is 36.5 Å². The number of halogens is 1. The third-order valence-corrected chi connectivity index (χ3v) is 6.74. The van der Waals surface area contributed by atoms with Gasteiger partial charge in [-0.15, -0.1) is 11.3 Å². The molecular weight excluding hydrogens is 478 g/mol. The first-order chi connectivity index (χ1) is 16.5. The van der Waals surface area contributed by atoms with E-state index in [1.807, 2.05) is 0 Å². The van der Waals surface area contributed by atoms with Crippen molar-refractivity contribution >= 4 is 51.4 Å². The minimum absolute atomic E-state index is 0.310. The van der Waals surface area contributed by atoms with Crippen molar-refractivity contribution in [3.05, 3.63) is 69.3 Å². The fraction of sp³-hybridized carbons (Fsp3) is 0.250. The number of carbonyl (C=O) groups is 3. The number of aromatic nitrogens is 1. The molecule has 0 fully saturated rings. The molecule has 0 bridgehead atoms. The molecule has 176 valence electrons. The summed E-state index contributed by atoms with van der Waals surface area (Å²) in [5.74, 6) is -1.14. The van der Waals surface area contributed by atoms with Gasteiger partial charge in [-0.25, -0.2) is 4.79 Å². The van der Waals surface area contributed by atoms with Gasteiger partial charge in [0, 0.05) is 22.3 Å². The maximum Gasteiger partial charge on any atom is 0.341 e. The largest absolute Gasteiger partial charge is 0.495 e. The molecule has 0 saturated heterocycles. The van der Waals surface area contributed by atoms with Crippen LogP contribution in [0.15, 0.2) is 42.7 Å². The number of nitrogens with one attached hydrogen (secondary N) is 2. The zero-order valence-corrected chi connectivity index (χ0v) is 19.9. The average molecular weight is 500 g/mol. The van der Waals surface area contributed by atoms with Gasteiger partial charge in [0.1, 0.15) is 10.8 Å². The lowest BCUT2D eigenvalue weighted by Gasteiger charge is -2.13. The van der Waals surface area contributed by atoms with E-state index in [9.17, 15) is 14.4 Å². The second-order valence-corrected chi connectivity index (χ2v) is 9.12. The van der Waals surface area contributed by atoms with E-state index >= 15 is 0 Å². The summed E-state index contributed by atoms with van der Waals surface area (Å²) in [6.07, 6.45) is 6.53. The number of amides is 2. The van der Waals surface area contributed by atoms with Gasteiger partial charge in [0.2, 0.25) is 0 Å². The lowest BCUT2D eigenvalue weighted by Crippen LogP contribution is -2.22. The summed E-state index contributed by atoms with van der Waals surface area (Å²) in [6, 6.07) is 8.11. The number of esters is 1. The molecule has 1 aromatic carbocycles. The molecule has 10 heteroatoms. The highest BCUT2D eigenvalue weighted by Gasteiger charge is 2.28. The van der Waals surface area contributed by atoms with Crippen LogP contribution in [0.1, 0.15) is 44.0 Å². The van der Waals surface area contributed by atoms with E-state index < -0.39 is 18.5 Å². The number of hydrogen-bond donors (Lipinski definition) is 2. The number of pyridine rings is 1. The van der Waals surface area contributed by atoms with Gasteiger partial charge in [0.25, 0.3) is 11.8 Å². The van der Waals surface area contributed by atoms with Crippen LogP contribution in [0.4, 0.5) is 10.7 Å². The van der Waals surface area contributed by atoms with Crippen molar-refractivity contribution in [2.75, 3.05) is 24.4 Å². The Labute approximate surface area is 205 Å². The number of fused-ring (bicyclic) bond motifs is 1. The van der Waals surface area contributed by atoms with Crippen LogP contribution in [0.3, 0.4) is 0 Å². The van der Waals surface area contributed by atoms with Gasteiger partial charge in [-0.2, -0.15) is 0 Å². The fourth-order valence-corrected chi connectivity index (χ4v) is 5.15. The summed E-state index contributed by atoms with van der Waals surface area (Å²) in [7, 11) is 1.47. The first-order valence-electron chi connectivity index (χ1n) is 10.6. The van der Waals surface area contributed by atoms with E-state index in [-0.39, 0.29) is 5.91 Å². The molecule has 2 amide bonds. The highest BCUT2D eigenvalue weighted by molar-refractivity contribution is 7.17. The predicted molar refractivity (Wildman–Crippen MR) is 130 cm³/mol. The van der Waals surface area contributed by atoms with E-state index in [4.69, 9.17) is 21.1 Å². The third kappa shape index (κ3) is 5.37. The Kier molecular flexibility index (Phi) is 7.44. The van der Waals surface area contributed by atoms with E-state index in [1.165, 1.54) is 24.6 Å². The molecule has 8 nitrogen and oxygen atoms in total. The Morgan fingerprint density at radius 1 is 1.15 bits per heavy atom. The SMILES string of the molecule is COc1ccc(Cl)cc1NC(=O)COC(=O)c1c(NC(=O)c2cccnc2)sc2c1CCCC2. The Morgan fingerprint density at radius 3 is 2.74 bits per heavy atom. The van der Waals surface area contributed by atoms with Crippen LogP contribution in [0, 0.1) is 0 Å². The maximum absolute atomic E-state index is 13.0. The summed E-state index contributed by atoms with van der Waals surface area (Å²) < 4.78 is 10.5. The van der Waals surface area contributed by atoms with Crippen molar-refractivity contribution in [3.8, 4) is 5.75 Å². The molecule has 0 saturated carbocycles. The van der Waals surface area contributed by atoms with Crippen molar-refractivity contribution in [3.63, 3.8) is 0 Å². The van der Waals surface area contributed by atoms with Gasteiger partial charge in [0.15, 0.2) is 6.61 Å². The van der Waals surface area contributed by atoms with Gasteiger partial charge >= 0.3 is 5.97 Å². The summed E-state index contributed by atoms with van der Waals surface area (Å²) in [5.41, 5.74) is 1.93. The zero-order valence-electron chi connectivity index (χ0n) is 18.4. The van der Waals surface area contributed by atoms with Crippen molar-refractivity contribution < 1.29 is 23.9 Å². The molecule has 2 N–H and O–H groups in total. The molecule has 1 aliphatic rings. The van der Waals surface area contributed by atoms with Crippen LogP contribution in [-0.2, 0) is 22.4 Å². The molecular formula is C24H22ClN3O5S. The van der Waals surface area contributed by atoms with Gasteiger partial charge in [-0.1, -0.05) is 11.6 Å². The van der Waals surface area contributed by atoms with Crippen LogP contribution in [0.25, 0.3) is 0 Å². The topological polar surface area (TPSA) is 107 Å². The minimum atomic E-state index is -0.658. The maximum atomic E-state index is 13.0. The van der Waals surface area contributed by atoms with Crippen molar-refractivity contribution in [2.45, 2.75) is 25.7 Å². The predicted octanol–water partition coefficient (Wildman–Crippen LogP) is 4.73. The fourth-order valence-electron chi connectivity index (χ4n) is 3.71. The Hall–Kier alpha value is -3.43. The van der Waals surface area contributed by atoms with Crippen LogP contribution in [-0.4, -0.2) is 36.5 Å². The number of nitrogens with zero attached hydrogens (tertiary/aromatic N) is 1. The number of aryl methyl sites for hydroxylation is 1. The third-order valence-electron chi connectivity index (χ3n) is 5.30. The second-order valence-electron chi connectivity index (χ2n) is 7.58. The lowest BCUT2D eigenvalue weighted by molar-refractivity contribution is -0.119. The highest BCUT2D eigenvalue weighted by Crippen LogP contribution is 2.39. The van der Waals surface area contributed by atoms with E-state index in [2.05, 4.69) is 15.6 Å². The Morgan fingerprint density at radius 2 is 1.97 bits per heavy atom. The summed E-state index contributed by atoms with van der Waals surface area (Å²) >= 11 is 7.37. The number of benzene rings is 1. The number of anilines is 2. The smallest absolute Gasteiger partial charge is 0.341 e. The standard InChI is InChI=1S/C24H22ClN3O5S/c1-32-18-9-8-15(25)11-17(18)27-20(29)13-33-24(31)21-16-6-2-3-7-19(16)34-23(21)28-22(30)14-5-4-10-26-12-14/h4-5,8-12H,2-3,6-7,13H2,1H3,(H,27,29)(H,28,30). The quantitative estimate of drug-likeness (QED) is 0.455. The number of methoxy groups -OCH3 is 1. The van der Waals surface area contributed by atoms with Gasteiger partial charge in [0.05, 0.1) is 23.9 Å². The van der Waals surface area contributed by atoms with Gasteiger partial charge < -0.3 is 20.1 Å². The van der Waals surface area contributed by atoms with Crippen LogP contribution in [0.2, 0.25) is 5.02 Å². The lowest BCUT2D eigenvalue weighted by atomic mass is 9.95. The van der Waals surface area contributed by atoms with Crippen LogP contribution >= 0.6 is 22.9 Å². The van der Waals surface area contributed by atoms with E-state index in [0.717, 1.165) is 29.7 Å². The molecule has 2 aromatic heterocycles. The Balaban J connectivity index is 1.49. The first-order valence-corrected chi connectivity index (χ1v) is 11.8. The summed E-state index contributed by atoms with van der Waals surface area (Å²) in [6.45, 7) is -0.505. The van der Waals surface area contributed by atoms with Gasteiger partial charge in [-0.05, 0) is 61.6 Å². The first kappa shape index (κ1) is 23.7. The normalized spacial score (nSPS) is 12.4. The number of hydrogen-bond acceptors (Lipinski definition) is 7. The van der Waals surface area contributed by atoms with Gasteiger partial charge in [-0.3, -0.25) is 14.6 Å². The molecule has 0 atom stereocenters. The molecule has 4 rings (SSSR count).